The van der Waals surface area contributed by atoms with Crippen molar-refractivity contribution in [2.24, 2.45) is 0 Å². The van der Waals surface area contributed by atoms with Gasteiger partial charge in [-0.2, -0.15) is 0 Å². The van der Waals surface area contributed by atoms with Gasteiger partial charge in [-0.25, -0.2) is 19.5 Å². The summed E-state index contributed by atoms with van der Waals surface area (Å²) in [5.74, 6) is 1.68. The van der Waals surface area contributed by atoms with Crippen LogP contribution in [0.1, 0.15) is 37.5 Å². The molecule has 6 rings (SSSR count). The van der Waals surface area contributed by atoms with E-state index in [9.17, 15) is 0 Å². The Kier molecular flexibility index (Phi) is 4.80. The first kappa shape index (κ1) is 19.6. The van der Waals surface area contributed by atoms with Crippen LogP contribution in [0, 0.1) is 6.92 Å². The van der Waals surface area contributed by atoms with Crippen molar-refractivity contribution in [3.63, 3.8) is 0 Å². The Morgan fingerprint density at radius 3 is 2.72 bits per heavy atom. The summed E-state index contributed by atoms with van der Waals surface area (Å²) >= 11 is 0. The minimum Gasteiger partial charge on any atom is -0.381 e. The van der Waals surface area contributed by atoms with Crippen molar-refractivity contribution >= 4 is 22.6 Å². The number of anilines is 1. The van der Waals surface area contributed by atoms with Crippen LogP contribution in [0.25, 0.3) is 27.8 Å². The highest BCUT2D eigenvalue weighted by atomic mass is 16.5. The van der Waals surface area contributed by atoms with E-state index in [0.717, 1.165) is 72.5 Å². The number of fused-ring (bicyclic) bond motifs is 2. The second kappa shape index (κ2) is 7.83. The third-order valence-electron chi connectivity index (χ3n) is 6.89. The first-order valence-electron chi connectivity index (χ1n) is 11.4. The van der Waals surface area contributed by atoms with E-state index in [-0.39, 0.29) is 0 Å². The van der Waals surface area contributed by atoms with Gasteiger partial charge in [0.15, 0.2) is 5.65 Å². The maximum atomic E-state index is 5.56. The van der Waals surface area contributed by atoms with Gasteiger partial charge in [-0.15, -0.1) is 5.10 Å². The molecule has 4 aromatic heterocycles. The van der Waals surface area contributed by atoms with E-state index < -0.39 is 0 Å². The Bertz CT molecular complexity index is 1270. The fourth-order valence-corrected chi connectivity index (χ4v) is 5.01. The quantitative estimate of drug-likeness (QED) is 0.501. The van der Waals surface area contributed by atoms with Gasteiger partial charge in [0, 0.05) is 54.9 Å². The van der Waals surface area contributed by atoms with Gasteiger partial charge in [-0.1, -0.05) is 0 Å². The number of pyridine rings is 1. The third kappa shape index (κ3) is 3.32. The van der Waals surface area contributed by atoms with E-state index in [2.05, 4.69) is 49.3 Å². The molecule has 9 nitrogen and oxygen atoms in total. The van der Waals surface area contributed by atoms with E-state index in [1.807, 2.05) is 30.2 Å². The average molecular weight is 433 g/mol. The number of imidazole rings is 1. The van der Waals surface area contributed by atoms with Crippen molar-refractivity contribution in [3.8, 4) is 11.1 Å². The molecule has 2 aliphatic rings. The van der Waals surface area contributed by atoms with Crippen LogP contribution in [0.5, 0.6) is 0 Å². The largest absolute Gasteiger partial charge is 0.381 e. The number of nitrogens with one attached hydrogen (secondary N) is 2. The second-order valence-corrected chi connectivity index (χ2v) is 8.88. The maximum Gasteiger partial charge on any atom is 0.241 e. The molecule has 0 amide bonds. The fourth-order valence-electron chi connectivity index (χ4n) is 5.01. The molecule has 0 bridgehead atoms. The molecule has 0 radical (unpaired) electrons. The summed E-state index contributed by atoms with van der Waals surface area (Å²) in [5, 5.41) is 11.4. The topological polar surface area (TPSA) is 94.2 Å². The molecule has 0 aromatic carbocycles. The molecular formula is C23H28N8O. The molecule has 1 aliphatic carbocycles. The lowest BCUT2D eigenvalue weighted by molar-refractivity contribution is 0.0701. The first-order valence-corrected chi connectivity index (χ1v) is 11.4. The van der Waals surface area contributed by atoms with E-state index in [1.54, 1.807) is 0 Å². The number of nitrogens with zero attached hydrogens (tertiary/aromatic N) is 6. The molecule has 1 saturated carbocycles. The van der Waals surface area contributed by atoms with Crippen molar-refractivity contribution in [1.82, 2.24) is 34.4 Å². The highest BCUT2D eigenvalue weighted by Gasteiger charge is 2.28. The number of aryl methyl sites for hydroxylation is 1. The van der Waals surface area contributed by atoms with E-state index in [1.165, 1.54) is 0 Å². The molecule has 4 aromatic rings. The average Bonchev–Trinajstić information content (AvgIpc) is 3.35. The fraction of sp³-hybridized carbons (Fsp3) is 0.478. The van der Waals surface area contributed by atoms with Gasteiger partial charge in [-0.3, -0.25) is 0 Å². The van der Waals surface area contributed by atoms with Crippen LogP contribution in [-0.2, 0) is 4.74 Å². The van der Waals surface area contributed by atoms with E-state index in [4.69, 9.17) is 9.72 Å². The summed E-state index contributed by atoms with van der Waals surface area (Å²) in [4.78, 5) is 14.0. The minimum absolute atomic E-state index is 0.405. The summed E-state index contributed by atoms with van der Waals surface area (Å²) in [6.45, 7) is 3.66. The molecular weight excluding hydrogens is 404 g/mol. The second-order valence-electron chi connectivity index (χ2n) is 8.88. The number of ether oxygens (including phenoxy) is 1. The predicted octanol–water partition coefficient (Wildman–Crippen LogP) is 2.96. The Balaban J connectivity index is 1.32. The van der Waals surface area contributed by atoms with Gasteiger partial charge in [0.2, 0.25) is 5.95 Å². The molecule has 5 heterocycles. The zero-order chi connectivity index (χ0) is 21.7. The summed E-state index contributed by atoms with van der Waals surface area (Å²) in [5.41, 5.74) is 4.96. The zero-order valence-corrected chi connectivity index (χ0v) is 18.5. The summed E-state index contributed by atoms with van der Waals surface area (Å²) < 4.78 is 9.79. The van der Waals surface area contributed by atoms with Gasteiger partial charge < -0.3 is 19.9 Å². The molecule has 9 heteroatoms. The molecule has 0 atom stereocenters. The van der Waals surface area contributed by atoms with Gasteiger partial charge >= 0.3 is 0 Å². The van der Waals surface area contributed by atoms with Crippen LogP contribution >= 0.6 is 0 Å². The summed E-state index contributed by atoms with van der Waals surface area (Å²) in [6.07, 6.45) is 9.99. The van der Waals surface area contributed by atoms with Crippen LogP contribution in [0.4, 0.5) is 5.95 Å². The number of aromatic nitrogens is 6. The smallest absolute Gasteiger partial charge is 0.241 e. The van der Waals surface area contributed by atoms with Gasteiger partial charge in [0.05, 0.1) is 17.2 Å². The Labute approximate surface area is 186 Å². The standard InChI is InChI=1S/C23H28N8O/c1-14-27-22-20(31(14)18-4-7-32-8-5-18)9-15(12-25-22)19-3-6-30-21(19)13-26-23(29-30)28-17-10-16(11-17)24-2/h3,6,9,12-13,16-18,24H,4-5,7-8,10-11H2,1-2H3,(H,28,29). The molecule has 166 valence electrons. The van der Waals surface area contributed by atoms with Gasteiger partial charge in [0.25, 0.3) is 0 Å². The van der Waals surface area contributed by atoms with Crippen LogP contribution in [-0.4, -0.2) is 61.5 Å². The molecule has 0 spiro atoms. The molecule has 0 unspecified atom stereocenters. The predicted molar refractivity (Wildman–Crippen MR) is 123 cm³/mol. The lowest BCUT2D eigenvalue weighted by Gasteiger charge is -2.35. The normalized spacial score (nSPS) is 21.8. The van der Waals surface area contributed by atoms with Gasteiger partial charge in [0.1, 0.15) is 5.82 Å². The van der Waals surface area contributed by atoms with Crippen molar-refractivity contribution in [2.45, 2.75) is 50.7 Å². The van der Waals surface area contributed by atoms with Crippen LogP contribution < -0.4 is 10.6 Å². The van der Waals surface area contributed by atoms with Crippen molar-refractivity contribution in [2.75, 3.05) is 25.6 Å². The molecule has 2 N–H and O–H groups in total. The van der Waals surface area contributed by atoms with Gasteiger partial charge in [-0.05, 0) is 51.8 Å². The summed E-state index contributed by atoms with van der Waals surface area (Å²) in [7, 11) is 2.01. The third-order valence-corrected chi connectivity index (χ3v) is 6.89. The van der Waals surface area contributed by atoms with Crippen LogP contribution in [0.3, 0.4) is 0 Å². The van der Waals surface area contributed by atoms with E-state index in [0.29, 0.717) is 24.1 Å². The highest BCUT2D eigenvalue weighted by Crippen LogP contribution is 2.31. The number of hydrogen-bond acceptors (Lipinski definition) is 7. The Morgan fingerprint density at radius 2 is 1.91 bits per heavy atom. The lowest BCUT2D eigenvalue weighted by atomic mass is 9.87. The van der Waals surface area contributed by atoms with Crippen molar-refractivity contribution in [1.29, 1.82) is 0 Å². The number of rotatable bonds is 5. The van der Waals surface area contributed by atoms with Crippen molar-refractivity contribution in [3.05, 3.63) is 36.5 Å². The molecule has 32 heavy (non-hydrogen) atoms. The molecule has 1 aliphatic heterocycles. The maximum absolute atomic E-state index is 5.56. The van der Waals surface area contributed by atoms with Crippen molar-refractivity contribution < 1.29 is 4.74 Å². The molecule has 2 fully saturated rings. The molecule has 1 saturated heterocycles. The number of hydrogen-bond donors (Lipinski definition) is 2. The zero-order valence-electron chi connectivity index (χ0n) is 18.5. The highest BCUT2D eigenvalue weighted by molar-refractivity contribution is 5.85. The van der Waals surface area contributed by atoms with Crippen LogP contribution in [0.15, 0.2) is 30.7 Å². The Morgan fingerprint density at radius 1 is 1.06 bits per heavy atom. The lowest BCUT2D eigenvalue weighted by Crippen LogP contribution is -2.46. The summed E-state index contributed by atoms with van der Waals surface area (Å²) in [6, 6.07) is 5.71. The van der Waals surface area contributed by atoms with E-state index >= 15 is 0 Å². The van der Waals surface area contributed by atoms with Crippen LogP contribution in [0.2, 0.25) is 0 Å². The first-order chi connectivity index (χ1) is 15.7. The minimum atomic E-state index is 0.405. The SMILES string of the molecule is CNC1CC(Nc2ncc3c(-c4cnc5nc(C)n(C6CCOCC6)c5c4)ccn3n2)C1. The monoisotopic (exact) mass is 432 g/mol. The Hall–Kier alpha value is -3.04.